The zero-order valence-electron chi connectivity index (χ0n) is 21.0. The van der Waals surface area contributed by atoms with Gasteiger partial charge >= 0.3 is 0 Å². The van der Waals surface area contributed by atoms with Crippen molar-refractivity contribution >= 4 is 70.6 Å². The highest BCUT2D eigenvalue weighted by atomic mass is 32.1. The van der Waals surface area contributed by atoms with Crippen molar-refractivity contribution in [3.05, 3.63) is 126 Å². The molecule has 180 valence electrons. The lowest BCUT2D eigenvalue weighted by molar-refractivity contribution is 0.568. The van der Waals surface area contributed by atoms with Gasteiger partial charge in [0, 0.05) is 48.9 Å². The molecule has 3 heteroatoms. The quantitative estimate of drug-likeness (QED) is 0.236. The molecule has 7 aromatic rings. The third-order valence-corrected chi connectivity index (χ3v) is 9.99. The molecular weight excluding hydrogens is 480 g/mol. The largest absolute Gasteiger partial charge is 0.355 e. The molecule has 5 aromatic carbocycles. The van der Waals surface area contributed by atoms with Crippen LogP contribution in [0.2, 0.25) is 0 Å². The Bertz CT molecular complexity index is 2130. The number of nitrogens with one attached hydrogen (secondary N) is 1. The topological polar surface area (TPSA) is 19.0 Å². The molecule has 1 aliphatic carbocycles. The Morgan fingerprint density at radius 3 is 2.45 bits per heavy atom. The van der Waals surface area contributed by atoms with Crippen molar-refractivity contribution in [2.45, 2.75) is 18.8 Å². The van der Waals surface area contributed by atoms with Gasteiger partial charge < -0.3 is 9.88 Å². The van der Waals surface area contributed by atoms with Gasteiger partial charge in [0.05, 0.1) is 10.4 Å². The zero-order valence-corrected chi connectivity index (χ0v) is 21.8. The van der Waals surface area contributed by atoms with Crippen molar-refractivity contribution in [2.75, 3.05) is 4.90 Å². The van der Waals surface area contributed by atoms with E-state index in [2.05, 4.69) is 126 Å². The highest BCUT2D eigenvalue weighted by Gasteiger charge is 2.48. The fraction of sp³-hybridized carbons (Fsp3) is 0.0857. The Morgan fingerprint density at radius 1 is 0.763 bits per heavy atom. The molecule has 0 spiro atoms. The number of hydrogen-bond acceptors (Lipinski definition) is 2. The van der Waals surface area contributed by atoms with E-state index in [1.165, 1.54) is 75.7 Å². The van der Waals surface area contributed by atoms with E-state index in [0.717, 1.165) is 6.42 Å². The minimum Gasteiger partial charge on any atom is -0.355 e. The summed E-state index contributed by atoms with van der Waals surface area (Å²) in [6, 6.07) is 37.8. The maximum absolute atomic E-state index is 3.80. The Kier molecular flexibility index (Phi) is 3.89. The minimum absolute atomic E-state index is 0.130. The standard InChI is InChI=1S/C35H24N2S/c1-35-20-26-29(36-28-18-15-21-9-5-6-12-23(21)32(26)28)19-31(35)37(22-10-3-2-4-11-22)33-27(35)17-16-25-24-13-7-8-14-30(24)38-34(25)33/h2-19,36H,20H2,1H3. The van der Waals surface area contributed by atoms with Crippen LogP contribution in [0.5, 0.6) is 0 Å². The number of benzene rings is 5. The lowest BCUT2D eigenvalue weighted by Crippen LogP contribution is -2.31. The predicted molar refractivity (Wildman–Crippen MR) is 163 cm³/mol. The van der Waals surface area contributed by atoms with Gasteiger partial charge in [0.1, 0.15) is 0 Å². The fourth-order valence-corrected chi connectivity index (χ4v) is 8.30. The molecule has 38 heavy (non-hydrogen) atoms. The SMILES string of the molecule is CC12Cc3c([nH]c4ccc5ccccc5c34)C=C1N(c1ccccc1)c1c2ccc2c1sc1ccccc12. The summed E-state index contributed by atoms with van der Waals surface area (Å²) in [5, 5.41) is 6.70. The molecule has 0 saturated carbocycles. The summed E-state index contributed by atoms with van der Waals surface area (Å²) in [7, 11) is 0. The smallest absolute Gasteiger partial charge is 0.0679 e. The van der Waals surface area contributed by atoms with Gasteiger partial charge in [-0.3, -0.25) is 0 Å². The van der Waals surface area contributed by atoms with E-state index in [-0.39, 0.29) is 5.41 Å². The number of allylic oxidation sites excluding steroid dienone is 1. The lowest BCUT2D eigenvalue weighted by atomic mass is 9.73. The number of thiophene rings is 1. The van der Waals surface area contributed by atoms with Crippen LogP contribution in [0.15, 0.2) is 109 Å². The highest BCUT2D eigenvalue weighted by molar-refractivity contribution is 7.26. The highest BCUT2D eigenvalue weighted by Crippen LogP contribution is 2.59. The third-order valence-electron chi connectivity index (χ3n) is 8.80. The van der Waals surface area contributed by atoms with Crippen LogP contribution in [0.1, 0.15) is 23.7 Å². The van der Waals surface area contributed by atoms with Crippen molar-refractivity contribution in [1.82, 2.24) is 4.98 Å². The van der Waals surface area contributed by atoms with E-state index in [4.69, 9.17) is 0 Å². The first kappa shape index (κ1) is 20.7. The van der Waals surface area contributed by atoms with Gasteiger partial charge in [0.2, 0.25) is 0 Å². The molecule has 0 bridgehead atoms. The van der Waals surface area contributed by atoms with Crippen molar-refractivity contribution in [2.24, 2.45) is 0 Å². The summed E-state index contributed by atoms with van der Waals surface area (Å²) in [6.45, 7) is 2.45. The average molecular weight is 505 g/mol. The second kappa shape index (κ2) is 7.15. The van der Waals surface area contributed by atoms with Crippen molar-refractivity contribution in [3.8, 4) is 0 Å². The van der Waals surface area contributed by atoms with Gasteiger partial charge in [-0.15, -0.1) is 11.3 Å². The van der Waals surface area contributed by atoms with Crippen molar-refractivity contribution < 1.29 is 0 Å². The first-order valence-corrected chi connectivity index (χ1v) is 14.1. The van der Waals surface area contributed by atoms with E-state index in [9.17, 15) is 0 Å². The molecule has 2 aliphatic rings. The molecule has 0 amide bonds. The maximum atomic E-state index is 3.80. The van der Waals surface area contributed by atoms with Gasteiger partial charge in [-0.05, 0) is 65.6 Å². The molecule has 2 aromatic heterocycles. The number of aromatic amines is 1. The zero-order chi connectivity index (χ0) is 25.0. The van der Waals surface area contributed by atoms with E-state index in [1.54, 1.807) is 0 Å². The number of nitrogens with zero attached hydrogens (tertiary/aromatic N) is 1. The molecule has 0 fully saturated rings. The number of para-hydroxylation sites is 1. The normalized spacial score (nSPS) is 18.2. The van der Waals surface area contributed by atoms with Crippen molar-refractivity contribution in [3.63, 3.8) is 0 Å². The Hall–Kier alpha value is -4.34. The van der Waals surface area contributed by atoms with Gasteiger partial charge in [0.15, 0.2) is 0 Å². The lowest BCUT2D eigenvalue weighted by Gasteiger charge is -2.33. The molecule has 1 atom stereocenters. The minimum atomic E-state index is -0.130. The second-order valence-electron chi connectivity index (χ2n) is 10.9. The predicted octanol–water partition coefficient (Wildman–Crippen LogP) is 9.70. The van der Waals surface area contributed by atoms with E-state index >= 15 is 0 Å². The van der Waals surface area contributed by atoms with E-state index in [0.29, 0.717) is 0 Å². The van der Waals surface area contributed by atoms with Crippen LogP contribution in [0, 0.1) is 0 Å². The average Bonchev–Trinajstić information content (AvgIpc) is 3.59. The molecule has 3 heterocycles. The number of fused-ring (bicyclic) bond motifs is 12. The van der Waals surface area contributed by atoms with Crippen LogP contribution < -0.4 is 4.90 Å². The number of anilines is 2. The van der Waals surface area contributed by atoms with Crippen LogP contribution >= 0.6 is 11.3 Å². The number of aromatic nitrogens is 1. The second-order valence-corrected chi connectivity index (χ2v) is 11.9. The molecule has 1 aliphatic heterocycles. The molecule has 2 nitrogen and oxygen atoms in total. The van der Waals surface area contributed by atoms with E-state index < -0.39 is 0 Å². The number of rotatable bonds is 1. The molecule has 1 unspecified atom stereocenters. The first-order chi connectivity index (χ1) is 18.7. The maximum Gasteiger partial charge on any atom is 0.0679 e. The van der Waals surface area contributed by atoms with Crippen molar-refractivity contribution in [1.29, 1.82) is 0 Å². The summed E-state index contributed by atoms with van der Waals surface area (Å²) in [5.41, 5.74) is 9.11. The van der Waals surface area contributed by atoms with Crippen LogP contribution in [0.4, 0.5) is 11.4 Å². The molecular formula is C35H24N2S. The molecule has 0 radical (unpaired) electrons. The third kappa shape index (κ3) is 2.52. The summed E-state index contributed by atoms with van der Waals surface area (Å²) in [5.74, 6) is 0. The van der Waals surface area contributed by atoms with Crippen LogP contribution in [0.3, 0.4) is 0 Å². The monoisotopic (exact) mass is 504 g/mol. The van der Waals surface area contributed by atoms with E-state index in [1.807, 2.05) is 11.3 Å². The van der Waals surface area contributed by atoms with Crippen LogP contribution in [-0.4, -0.2) is 4.98 Å². The number of hydrogen-bond donors (Lipinski definition) is 1. The van der Waals surface area contributed by atoms with Gasteiger partial charge in [-0.2, -0.15) is 0 Å². The Labute approximate surface area is 224 Å². The molecule has 0 saturated heterocycles. The summed E-state index contributed by atoms with van der Waals surface area (Å²) in [4.78, 5) is 6.34. The summed E-state index contributed by atoms with van der Waals surface area (Å²) in [6.07, 6.45) is 3.40. The Balaban J connectivity index is 1.38. The fourth-order valence-electron chi connectivity index (χ4n) is 7.06. The first-order valence-electron chi connectivity index (χ1n) is 13.3. The Morgan fingerprint density at radius 2 is 1.55 bits per heavy atom. The van der Waals surface area contributed by atoms with Gasteiger partial charge in [0.25, 0.3) is 0 Å². The molecule has 1 N–H and O–H groups in total. The van der Waals surface area contributed by atoms with Gasteiger partial charge in [-0.25, -0.2) is 0 Å². The van der Waals surface area contributed by atoms with Crippen LogP contribution in [-0.2, 0) is 11.8 Å². The summed E-state index contributed by atoms with van der Waals surface area (Å²) < 4.78 is 2.73. The van der Waals surface area contributed by atoms with Crippen LogP contribution in [0.25, 0.3) is 47.9 Å². The summed E-state index contributed by atoms with van der Waals surface area (Å²) >= 11 is 1.92. The molecule has 9 rings (SSSR count). The van der Waals surface area contributed by atoms with Gasteiger partial charge in [-0.1, -0.05) is 78.9 Å². The number of H-pyrrole nitrogens is 1.